The van der Waals surface area contributed by atoms with Crippen molar-refractivity contribution in [3.05, 3.63) is 90.3 Å². The summed E-state index contributed by atoms with van der Waals surface area (Å²) in [6, 6.07) is 21.8. The van der Waals surface area contributed by atoms with Crippen molar-refractivity contribution >= 4 is 0 Å². The Balaban J connectivity index is 1.37. The number of hydrogen-bond donors (Lipinski definition) is 1. The van der Waals surface area contributed by atoms with Gasteiger partial charge in [-0.2, -0.15) is 4.68 Å². The van der Waals surface area contributed by atoms with E-state index < -0.39 is 0 Å². The molecule has 134 valence electrons. The van der Waals surface area contributed by atoms with Crippen LogP contribution >= 0.6 is 0 Å². The van der Waals surface area contributed by atoms with E-state index in [9.17, 15) is 0 Å². The van der Waals surface area contributed by atoms with Gasteiger partial charge in [0.2, 0.25) is 0 Å². The second-order valence-corrected chi connectivity index (χ2v) is 5.91. The lowest BCUT2D eigenvalue weighted by molar-refractivity contribution is 0.427. The highest BCUT2D eigenvalue weighted by atomic mass is 16.5. The van der Waals surface area contributed by atoms with E-state index in [-0.39, 0.29) is 0 Å². The molecular weight excluding hydrogens is 340 g/mol. The third-order valence-electron chi connectivity index (χ3n) is 3.98. The van der Waals surface area contributed by atoms with Gasteiger partial charge in [-0.3, -0.25) is 4.98 Å². The van der Waals surface area contributed by atoms with Crippen LogP contribution in [-0.2, 0) is 13.1 Å². The molecule has 0 aliphatic rings. The van der Waals surface area contributed by atoms with Crippen LogP contribution in [0.25, 0.3) is 5.69 Å². The number of hydrogen-bond acceptors (Lipinski definition) is 6. The molecule has 4 aromatic rings. The van der Waals surface area contributed by atoms with Crippen molar-refractivity contribution in [2.45, 2.75) is 13.1 Å². The van der Waals surface area contributed by atoms with Gasteiger partial charge in [-0.15, -0.1) is 0 Å². The summed E-state index contributed by atoms with van der Waals surface area (Å²) < 4.78 is 7.39. The summed E-state index contributed by atoms with van der Waals surface area (Å²) in [5.41, 5.74) is 3.21. The molecule has 0 fully saturated rings. The normalized spacial score (nSPS) is 10.7. The Morgan fingerprint density at radius 3 is 2.26 bits per heavy atom. The maximum absolute atomic E-state index is 5.83. The number of benzene rings is 2. The molecule has 0 aliphatic carbocycles. The summed E-state index contributed by atoms with van der Waals surface area (Å²) in [6.45, 7) is 1.57. The molecule has 2 heterocycles. The Kier molecular flexibility index (Phi) is 5.12. The van der Waals surface area contributed by atoms with Crippen molar-refractivity contribution in [1.29, 1.82) is 0 Å². The molecule has 0 radical (unpaired) electrons. The molecular formula is C20H18N6O. The molecule has 0 amide bonds. The van der Waals surface area contributed by atoms with Crippen molar-refractivity contribution < 1.29 is 4.74 Å². The first-order valence-electron chi connectivity index (χ1n) is 8.59. The van der Waals surface area contributed by atoms with Crippen LogP contribution in [0, 0.1) is 0 Å². The Bertz CT molecular complexity index is 970. The predicted molar refractivity (Wildman–Crippen MR) is 100 cm³/mol. The van der Waals surface area contributed by atoms with Crippen molar-refractivity contribution in [1.82, 2.24) is 30.5 Å². The zero-order valence-corrected chi connectivity index (χ0v) is 14.6. The van der Waals surface area contributed by atoms with Crippen molar-refractivity contribution in [2.24, 2.45) is 0 Å². The molecule has 27 heavy (non-hydrogen) atoms. The molecule has 7 nitrogen and oxygen atoms in total. The Labute approximate surface area is 156 Å². The fourth-order valence-electron chi connectivity index (χ4n) is 2.61. The number of nitrogens with zero attached hydrogens (tertiary/aromatic N) is 5. The largest absolute Gasteiger partial charge is 0.423 e. The first-order chi connectivity index (χ1) is 13.4. The predicted octanol–water partition coefficient (Wildman–Crippen LogP) is 3.14. The minimum atomic E-state index is 0.324. The molecule has 2 aromatic heterocycles. The minimum absolute atomic E-state index is 0.324. The molecule has 0 unspecified atom stereocenters. The monoisotopic (exact) mass is 358 g/mol. The Morgan fingerprint density at radius 1 is 0.815 bits per heavy atom. The topological polar surface area (TPSA) is 77.8 Å². The van der Waals surface area contributed by atoms with Crippen molar-refractivity contribution in [2.75, 3.05) is 0 Å². The summed E-state index contributed by atoms with van der Waals surface area (Å²) in [5.74, 6) is 0.680. The molecule has 0 spiro atoms. The van der Waals surface area contributed by atoms with Gasteiger partial charge in [-0.05, 0) is 58.0 Å². The standard InChI is InChI=1S/C20H18N6O/c1-2-4-18(5-3-1)26-20(23-24-25-26)27-19-8-6-16(7-9-19)14-22-15-17-10-12-21-13-11-17/h1-13,22H,14-15H2. The number of ether oxygens (including phenoxy) is 1. The lowest BCUT2D eigenvalue weighted by Gasteiger charge is -2.08. The van der Waals surface area contributed by atoms with E-state index in [1.165, 1.54) is 11.1 Å². The maximum Gasteiger partial charge on any atom is 0.345 e. The van der Waals surface area contributed by atoms with E-state index in [0.717, 1.165) is 18.8 Å². The van der Waals surface area contributed by atoms with Crippen molar-refractivity contribution in [3.63, 3.8) is 0 Å². The minimum Gasteiger partial charge on any atom is -0.423 e. The van der Waals surface area contributed by atoms with Gasteiger partial charge >= 0.3 is 6.01 Å². The van der Waals surface area contributed by atoms with Crippen LogP contribution in [0.15, 0.2) is 79.1 Å². The first kappa shape index (κ1) is 16.9. The number of para-hydroxylation sites is 1. The third kappa shape index (κ3) is 4.34. The fraction of sp³-hybridized carbons (Fsp3) is 0.100. The smallest absolute Gasteiger partial charge is 0.345 e. The number of tetrazole rings is 1. The highest BCUT2D eigenvalue weighted by molar-refractivity contribution is 5.34. The van der Waals surface area contributed by atoms with Crippen LogP contribution in [0.4, 0.5) is 0 Å². The Morgan fingerprint density at radius 2 is 1.52 bits per heavy atom. The van der Waals surface area contributed by atoms with Gasteiger partial charge in [0.15, 0.2) is 0 Å². The molecule has 0 atom stereocenters. The van der Waals surface area contributed by atoms with Gasteiger partial charge in [0.25, 0.3) is 0 Å². The van der Waals surface area contributed by atoms with Crippen LogP contribution in [0.3, 0.4) is 0 Å². The van der Waals surface area contributed by atoms with Crippen LogP contribution in [-0.4, -0.2) is 25.2 Å². The molecule has 0 bridgehead atoms. The summed E-state index contributed by atoms with van der Waals surface area (Å²) in [5, 5.41) is 15.1. The second-order valence-electron chi connectivity index (χ2n) is 5.91. The van der Waals surface area contributed by atoms with Crippen LogP contribution < -0.4 is 10.1 Å². The summed E-state index contributed by atoms with van der Waals surface area (Å²) in [7, 11) is 0. The zero-order chi connectivity index (χ0) is 18.3. The average molecular weight is 358 g/mol. The zero-order valence-electron chi connectivity index (χ0n) is 14.6. The van der Waals surface area contributed by atoms with E-state index >= 15 is 0 Å². The van der Waals surface area contributed by atoms with E-state index in [1.807, 2.05) is 66.7 Å². The molecule has 4 rings (SSSR count). The lowest BCUT2D eigenvalue weighted by atomic mass is 10.2. The summed E-state index contributed by atoms with van der Waals surface area (Å²) in [6.07, 6.45) is 3.60. The van der Waals surface area contributed by atoms with E-state index in [0.29, 0.717) is 11.8 Å². The molecule has 0 saturated heterocycles. The molecule has 0 saturated carbocycles. The highest BCUT2D eigenvalue weighted by Crippen LogP contribution is 2.21. The van der Waals surface area contributed by atoms with Crippen LogP contribution in [0.5, 0.6) is 11.8 Å². The highest BCUT2D eigenvalue weighted by Gasteiger charge is 2.10. The van der Waals surface area contributed by atoms with E-state index in [2.05, 4.69) is 25.8 Å². The van der Waals surface area contributed by atoms with E-state index in [1.54, 1.807) is 17.1 Å². The summed E-state index contributed by atoms with van der Waals surface area (Å²) in [4.78, 5) is 4.02. The maximum atomic E-state index is 5.83. The van der Waals surface area contributed by atoms with E-state index in [4.69, 9.17) is 4.74 Å². The average Bonchev–Trinajstić information content (AvgIpc) is 3.19. The number of pyridine rings is 1. The quantitative estimate of drug-likeness (QED) is 0.547. The van der Waals surface area contributed by atoms with Gasteiger partial charge < -0.3 is 10.1 Å². The second kappa shape index (κ2) is 8.20. The van der Waals surface area contributed by atoms with Gasteiger partial charge in [-0.25, -0.2) is 0 Å². The molecule has 0 aliphatic heterocycles. The molecule has 7 heteroatoms. The van der Waals surface area contributed by atoms with Crippen molar-refractivity contribution in [3.8, 4) is 17.4 Å². The lowest BCUT2D eigenvalue weighted by Crippen LogP contribution is -2.12. The van der Waals surface area contributed by atoms with Gasteiger partial charge in [0.1, 0.15) is 5.75 Å². The first-order valence-corrected chi connectivity index (χ1v) is 8.59. The SMILES string of the molecule is c1ccc(-n2nnnc2Oc2ccc(CNCc3ccncc3)cc2)cc1. The van der Waals surface area contributed by atoms with Crippen LogP contribution in [0.1, 0.15) is 11.1 Å². The van der Waals surface area contributed by atoms with Gasteiger partial charge in [0.05, 0.1) is 5.69 Å². The molecule has 1 N–H and O–H groups in total. The van der Waals surface area contributed by atoms with Gasteiger partial charge in [-0.1, -0.05) is 35.4 Å². The Hall–Kier alpha value is -3.58. The third-order valence-corrected chi connectivity index (χ3v) is 3.98. The number of aromatic nitrogens is 5. The van der Waals surface area contributed by atoms with Gasteiger partial charge in [0, 0.05) is 25.5 Å². The number of rotatable bonds is 7. The number of nitrogens with one attached hydrogen (secondary N) is 1. The molecule has 2 aromatic carbocycles. The van der Waals surface area contributed by atoms with Crippen LogP contribution in [0.2, 0.25) is 0 Å². The fourth-order valence-corrected chi connectivity index (χ4v) is 2.61. The summed E-state index contributed by atoms with van der Waals surface area (Å²) >= 11 is 0.